The lowest BCUT2D eigenvalue weighted by Gasteiger charge is -2.11. The van der Waals surface area contributed by atoms with E-state index in [2.05, 4.69) is 21.6 Å². The maximum absolute atomic E-state index is 13.9. The summed E-state index contributed by atoms with van der Waals surface area (Å²) in [5, 5.41) is 4.55. The highest BCUT2D eigenvalue weighted by Crippen LogP contribution is 2.40. The van der Waals surface area contributed by atoms with Crippen molar-refractivity contribution in [1.82, 2.24) is 19.7 Å². The maximum Gasteiger partial charge on any atom is 0.177 e. The smallest absolute Gasteiger partial charge is 0.177 e. The van der Waals surface area contributed by atoms with Gasteiger partial charge in [-0.3, -0.25) is 4.98 Å². The van der Waals surface area contributed by atoms with Gasteiger partial charge in [0.2, 0.25) is 0 Å². The summed E-state index contributed by atoms with van der Waals surface area (Å²) in [6.07, 6.45) is 5.60. The normalized spacial score (nSPS) is 20.9. The number of aryl methyl sites for hydroxylation is 1. The topological polar surface area (TPSA) is 43.6 Å². The Morgan fingerprint density at radius 2 is 2.20 bits per heavy atom. The predicted molar refractivity (Wildman–Crippen MR) is 72.4 cm³/mol. The van der Waals surface area contributed by atoms with E-state index in [1.165, 1.54) is 18.9 Å². The molecule has 1 atom stereocenters. The Hall–Kier alpha value is -2.04. The average Bonchev–Trinajstić information content (AvgIpc) is 3.09. The van der Waals surface area contributed by atoms with Crippen LogP contribution in [-0.4, -0.2) is 19.7 Å². The van der Waals surface area contributed by atoms with E-state index in [0.717, 1.165) is 30.1 Å². The number of fused-ring (bicyclic) bond motifs is 1. The zero-order valence-corrected chi connectivity index (χ0v) is 11.1. The van der Waals surface area contributed by atoms with Gasteiger partial charge in [0, 0.05) is 12.6 Å². The van der Waals surface area contributed by atoms with E-state index in [1.54, 1.807) is 12.3 Å². The van der Waals surface area contributed by atoms with Crippen molar-refractivity contribution in [3.63, 3.8) is 0 Å². The van der Waals surface area contributed by atoms with Gasteiger partial charge in [0.1, 0.15) is 17.3 Å². The molecule has 1 aliphatic carbocycles. The first kappa shape index (κ1) is 11.8. The van der Waals surface area contributed by atoms with Crippen molar-refractivity contribution in [3.8, 4) is 0 Å². The number of nitrogens with zero attached hydrogens (tertiary/aromatic N) is 4. The molecule has 102 valence electrons. The van der Waals surface area contributed by atoms with Gasteiger partial charge in [-0.25, -0.2) is 14.1 Å². The second-order valence-corrected chi connectivity index (χ2v) is 5.52. The van der Waals surface area contributed by atoms with Crippen molar-refractivity contribution in [2.75, 3.05) is 0 Å². The van der Waals surface area contributed by atoms with Crippen molar-refractivity contribution in [1.29, 1.82) is 0 Å². The molecule has 0 spiro atoms. The van der Waals surface area contributed by atoms with Crippen LogP contribution in [0.4, 0.5) is 4.39 Å². The van der Waals surface area contributed by atoms with E-state index in [9.17, 15) is 4.39 Å². The summed E-state index contributed by atoms with van der Waals surface area (Å²) < 4.78 is 15.7. The third-order valence-electron chi connectivity index (χ3n) is 4.10. The van der Waals surface area contributed by atoms with E-state index < -0.39 is 0 Å². The van der Waals surface area contributed by atoms with E-state index in [1.807, 2.05) is 4.68 Å². The number of hydrogen-bond acceptors (Lipinski definition) is 3. The molecule has 20 heavy (non-hydrogen) atoms. The molecule has 1 saturated carbocycles. The minimum Gasteiger partial charge on any atom is -0.256 e. The lowest BCUT2D eigenvalue weighted by Crippen LogP contribution is -2.11. The van der Waals surface area contributed by atoms with E-state index in [4.69, 9.17) is 0 Å². The standard InChI is InChI=1S/C15H15FN4/c1-9(10-4-5-10)15-18-13-7-6-12(20(13)19-15)14-11(16)3-2-8-17-14/h2-3,8,10,12H,1,4-7H2. The summed E-state index contributed by atoms with van der Waals surface area (Å²) in [6, 6.07) is 2.91. The van der Waals surface area contributed by atoms with Crippen molar-refractivity contribution in [3.05, 3.63) is 48.1 Å². The van der Waals surface area contributed by atoms with Crippen LogP contribution in [0.5, 0.6) is 0 Å². The van der Waals surface area contributed by atoms with Crippen molar-refractivity contribution >= 4 is 5.57 Å². The minimum absolute atomic E-state index is 0.139. The molecule has 0 N–H and O–H groups in total. The molecule has 1 fully saturated rings. The molecule has 2 aromatic heterocycles. The molecule has 2 aromatic rings. The Labute approximate surface area is 116 Å². The first-order valence-electron chi connectivity index (χ1n) is 6.99. The van der Waals surface area contributed by atoms with Crippen LogP contribution in [0.15, 0.2) is 24.9 Å². The number of halogens is 1. The van der Waals surface area contributed by atoms with E-state index in [0.29, 0.717) is 11.6 Å². The second-order valence-electron chi connectivity index (χ2n) is 5.52. The lowest BCUT2D eigenvalue weighted by molar-refractivity contribution is 0.496. The lowest BCUT2D eigenvalue weighted by atomic mass is 10.1. The van der Waals surface area contributed by atoms with Crippen LogP contribution in [0.25, 0.3) is 5.57 Å². The Bertz CT molecular complexity index is 687. The van der Waals surface area contributed by atoms with Crippen LogP contribution < -0.4 is 0 Å². The van der Waals surface area contributed by atoms with Crippen LogP contribution in [-0.2, 0) is 6.42 Å². The first-order chi connectivity index (χ1) is 9.74. The summed E-state index contributed by atoms with van der Waals surface area (Å²) >= 11 is 0. The summed E-state index contributed by atoms with van der Waals surface area (Å²) in [6.45, 7) is 4.09. The molecule has 4 nitrogen and oxygen atoms in total. The molecular weight excluding hydrogens is 255 g/mol. The Balaban J connectivity index is 1.71. The molecule has 0 saturated heterocycles. The fourth-order valence-corrected chi connectivity index (χ4v) is 2.81. The molecular formula is C15H15FN4. The van der Waals surface area contributed by atoms with Gasteiger partial charge < -0.3 is 0 Å². The molecule has 0 radical (unpaired) electrons. The molecule has 1 unspecified atom stereocenters. The molecule has 4 rings (SSSR count). The van der Waals surface area contributed by atoms with E-state index >= 15 is 0 Å². The summed E-state index contributed by atoms with van der Waals surface area (Å²) in [5.74, 6) is 1.91. The van der Waals surface area contributed by atoms with Gasteiger partial charge in [-0.15, -0.1) is 0 Å². The zero-order valence-electron chi connectivity index (χ0n) is 11.1. The third kappa shape index (κ3) is 1.77. The number of hydrogen-bond donors (Lipinski definition) is 0. The van der Waals surface area contributed by atoms with Crippen LogP contribution >= 0.6 is 0 Å². The molecule has 3 heterocycles. The molecule has 0 aromatic carbocycles. The van der Waals surface area contributed by atoms with Crippen LogP contribution in [0.3, 0.4) is 0 Å². The van der Waals surface area contributed by atoms with Gasteiger partial charge in [-0.05, 0) is 42.9 Å². The largest absolute Gasteiger partial charge is 0.256 e. The van der Waals surface area contributed by atoms with Gasteiger partial charge in [-0.2, -0.15) is 5.10 Å². The van der Waals surface area contributed by atoms with Gasteiger partial charge in [0.25, 0.3) is 0 Å². The summed E-state index contributed by atoms with van der Waals surface area (Å²) in [4.78, 5) is 8.73. The first-order valence-corrected chi connectivity index (χ1v) is 6.99. The Morgan fingerprint density at radius 3 is 2.95 bits per heavy atom. The number of aromatic nitrogens is 4. The predicted octanol–water partition coefficient (Wildman–Crippen LogP) is 2.77. The van der Waals surface area contributed by atoms with E-state index in [-0.39, 0.29) is 11.9 Å². The van der Waals surface area contributed by atoms with Crippen molar-refractivity contribution in [2.45, 2.75) is 31.7 Å². The van der Waals surface area contributed by atoms with Gasteiger partial charge in [0.05, 0.1) is 6.04 Å². The van der Waals surface area contributed by atoms with Gasteiger partial charge in [0.15, 0.2) is 5.82 Å². The van der Waals surface area contributed by atoms with Crippen LogP contribution in [0.1, 0.15) is 42.6 Å². The Kier molecular flexibility index (Phi) is 2.49. The molecule has 0 bridgehead atoms. The summed E-state index contributed by atoms with van der Waals surface area (Å²) in [7, 11) is 0. The molecule has 5 heteroatoms. The SMILES string of the molecule is C=C(c1nc2n(n1)C(c1ncccc1F)CC2)C1CC1. The third-order valence-corrected chi connectivity index (χ3v) is 4.10. The molecule has 0 amide bonds. The summed E-state index contributed by atoms with van der Waals surface area (Å²) in [5.41, 5.74) is 1.48. The average molecular weight is 270 g/mol. The highest BCUT2D eigenvalue weighted by Gasteiger charge is 2.33. The minimum atomic E-state index is -0.275. The highest BCUT2D eigenvalue weighted by atomic mass is 19.1. The number of rotatable bonds is 3. The van der Waals surface area contributed by atoms with Gasteiger partial charge >= 0.3 is 0 Å². The number of allylic oxidation sites excluding steroid dienone is 1. The fraction of sp³-hybridized carbons (Fsp3) is 0.400. The van der Waals surface area contributed by atoms with Gasteiger partial charge in [-0.1, -0.05) is 6.58 Å². The van der Waals surface area contributed by atoms with Crippen molar-refractivity contribution in [2.24, 2.45) is 5.92 Å². The molecule has 2 aliphatic rings. The molecule has 1 aliphatic heterocycles. The Morgan fingerprint density at radius 1 is 1.35 bits per heavy atom. The van der Waals surface area contributed by atoms with Crippen LogP contribution in [0, 0.1) is 11.7 Å². The zero-order chi connectivity index (χ0) is 13.7. The van der Waals surface area contributed by atoms with Crippen LogP contribution in [0.2, 0.25) is 0 Å². The maximum atomic E-state index is 13.9. The monoisotopic (exact) mass is 270 g/mol. The fourth-order valence-electron chi connectivity index (χ4n) is 2.81. The number of pyridine rings is 1. The second kappa shape index (κ2) is 4.23. The highest BCUT2D eigenvalue weighted by molar-refractivity contribution is 5.61. The quantitative estimate of drug-likeness (QED) is 0.861. The van der Waals surface area contributed by atoms with Crippen molar-refractivity contribution < 1.29 is 4.39 Å².